The van der Waals surface area contributed by atoms with E-state index in [1.165, 1.54) is 12.8 Å². The van der Waals surface area contributed by atoms with Crippen LogP contribution in [0.1, 0.15) is 32.6 Å². The van der Waals surface area contributed by atoms with Gasteiger partial charge in [-0.2, -0.15) is 0 Å². The lowest BCUT2D eigenvalue weighted by atomic mass is 9.91. The molecule has 0 N–H and O–H groups in total. The fourth-order valence-electron chi connectivity index (χ4n) is 2.25. The molecule has 0 saturated carbocycles. The van der Waals surface area contributed by atoms with Crippen LogP contribution in [-0.2, 0) is 9.53 Å². The number of nitrogens with zero attached hydrogens (tertiary/aromatic N) is 2. The van der Waals surface area contributed by atoms with Gasteiger partial charge in [0.05, 0.1) is 0 Å². The molecule has 0 bridgehead atoms. The predicted octanol–water partition coefficient (Wildman–Crippen LogP) is 0.902. The van der Waals surface area contributed by atoms with Gasteiger partial charge in [-0.15, -0.1) is 5.32 Å². The monoisotopic (exact) mass is 225 g/mol. The molecule has 16 heavy (non-hydrogen) atoms. The standard InChI is InChI=1S/C11H17N2O3/c1-2-3-6-13-7-4-11(5-8-13)9(14)12-10(15)16-11/h2-8H2,1H3. The summed E-state index contributed by atoms with van der Waals surface area (Å²) in [6.07, 6.45) is 2.80. The largest absolute Gasteiger partial charge is 0.437 e. The number of imide groups is 1. The minimum Gasteiger partial charge on any atom is -0.431 e. The molecule has 5 nitrogen and oxygen atoms in total. The molecule has 2 fully saturated rings. The van der Waals surface area contributed by atoms with Crippen molar-refractivity contribution >= 4 is 12.0 Å². The summed E-state index contributed by atoms with van der Waals surface area (Å²) in [5.74, 6) is -0.382. The van der Waals surface area contributed by atoms with E-state index in [2.05, 4.69) is 17.1 Å². The summed E-state index contributed by atoms with van der Waals surface area (Å²) < 4.78 is 5.07. The Labute approximate surface area is 95.1 Å². The van der Waals surface area contributed by atoms with Gasteiger partial charge in [0.2, 0.25) is 0 Å². The molecule has 2 aliphatic rings. The van der Waals surface area contributed by atoms with Crippen molar-refractivity contribution < 1.29 is 14.3 Å². The molecule has 1 radical (unpaired) electrons. The quantitative estimate of drug-likeness (QED) is 0.716. The summed E-state index contributed by atoms with van der Waals surface area (Å²) in [6.45, 7) is 4.85. The molecule has 2 saturated heterocycles. The van der Waals surface area contributed by atoms with Gasteiger partial charge in [0.15, 0.2) is 5.60 Å². The Morgan fingerprint density at radius 2 is 2.06 bits per heavy atom. The SMILES string of the molecule is CCCCN1CCC2(CC1)OC(=O)[N]C2=O. The fourth-order valence-corrected chi connectivity index (χ4v) is 2.25. The van der Waals surface area contributed by atoms with E-state index < -0.39 is 11.7 Å². The van der Waals surface area contributed by atoms with Crippen LogP contribution in [0.2, 0.25) is 0 Å². The third kappa shape index (κ3) is 2.04. The zero-order valence-electron chi connectivity index (χ0n) is 9.57. The van der Waals surface area contributed by atoms with Crippen molar-refractivity contribution in [3.8, 4) is 0 Å². The summed E-state index contributed by atoms with van der Waals surface area (Å²) in [7, 11) is 0. The first-order chi connectivity index (χ1) is 7.66. The van der Waals surface area contributed by atoms with Crippen LogP contribution in [-0.4, -0.2) is 42.1 Å². The number of rotatable bonds is 3. The van der Waals surface area contributed by atoms with E-state index in [0.29, 0.717) is 12.8 Å². The van der Waals surface area contributed by atoms with E-state index in [4.69, 9.17) is 4.74 Å². The van der Waals surface area contributed by atoms with Crippen molar-refractivity contribution in [3.63, 3.8) is 0 Å². The van der Waals surface area contributed by atoms with Crippen LogP contribution in [0, 0.1) is 0 Å². The van der Waals surface area contributed by atoms with Crippen molar-refractivity contribution in [2.45, 2.75) is 38.2 Å². The Kier molecular flexibility index (Phi) is 3.14. The highest BCUT2D eigenvalue weighted by atomic mass is 16.6. The number of hydrogen-bond donors (Lipinski definition) is 0. The number of piperidine rings is 1. The number of carbonyl (C=O) groups excluding carboxylic acids is 2. The number of ether oxygens (including phenoxy) is 1. The van der Waals surface area contributed by atoms with Gasteiger partial charge in [-0.25, -0.2) is 4.79 Å². The van der Waals surface area contributed by atoms with Crippen molar-refractivity contribution in [1.29, 1.82) is 0 Å². The predicted molar refractivity (Wildman–Crippen MR) is 56.9 cm³/mol. The minimum absolute atomic E-state index is 0.382. The van der Waals surface area contributed by atoms with Gasteiger partial charge in [0.1, 0.15) is 0 Å². The maximum Gasteiger partial charge on any atom is 0.437 e. The molecule has 2 rings (SSSR count). The Balaban J connectivity index is 1.89. The second kappa shape index (κ2) is 4.41. The van der Waals surface area contributed by atoms with Crippen LogP contribution in [0.3, 0.4) is 0 Å². The van der Waals surface area contributed by atoms with Crippen molar-refractivity contribution in [2.75, 3.05) is 19.6 Å². The smallest absolute Gasteiger partial charge is 0.431 e. The first-order valence-corrected chi connectivity index (χ1v) is 5.88. The van der Waals surface area contributed by atoms with Gasteiger partial charge in [-0.3, -0.25) is 4.79 Å². The number of hydrogen-bond acceptors (Lipinski definition) is 4. The molecule has 0 atom stereocenters. The Morgan fingerprint density at radius 1 is 1.38 bits per heavy atom. The summed E-state index contributed by atoms with van der Waals surface area (Å²) in [6, 6.07) is 0. The van der Waals surface area contributed by atoms with Crippen LogP contribution in [0.4, 0.5) is 4.79 Å². The van der Waals surface area contributed by atoms with E-state index in [1.54, 1.807) is 0 Å². The molecular weight excluding hydrogens is 208 g/mol. The van der Waals surface area contributed by atoms with Crippen LogP contribution >= 0.6 is 0 Å². The molecule has 5 heteroatoms. The first kappa shape index (κ1) is 11.4. The lowest BCUT2D eigenvalue weighted by Gasteiger charge is -2.35. The third-order valence-corrected chi connectivity index (χ3v) is 3.36. The van der Waals surface area contributed by atoms with E-state index in [-0.39, 0.29) is 5.91 Å². The second-order valence-electron chi connectivity index (χ2n) is 4.47. The van der Waals surface area contributed by atoms with E-state index in [9.17, 15) is 9.59 Å². The zero-order valence-corrected chi connectivity index (χ0v) is 9.57. The first-order valence-electron chi connectivity index (χ1n) is 5.88. The van der Waals surface area contributed by atoms with Crippen LogP contribution in [0.15, 0.2) is 0 Å². The van der Waals surface area contributed by atoms with Gasteiger partial charge < -0.3 is 9.64 Å². The normalized spacial score (nSPS) is 24.6. The molecule has 2 aliphatic heterocycles. The maximum atomic E-state index is 11.6. The van der Waals surface area contributed by atoms with Gasteiger partial charge >= 0.3 is 6.09 Å². The van der Waals surface area contributed by atoms with Crippen LogP contribution in [0.25, 0.3) is 0 Å². The van der Waals surface area contributed by atoms with Gasteiger partial charge in [0, 0.05) is 25.9 Å². The second-order valence-corrected chi connectivity index (χ2v) is 4.47. The molecule has 0 unspecified atom stereocenters. The summed E-state index contributed by atoms with van der Waals surface area (Å²) >= 11 is 0. The van der Waals surface area contributed by atoms with E-state index in [1.807, 2.05) is 0 Å². The highest BCUT2D eigenvalue weighted by Crippen LogP contribution is 2.30. The van der Waals surface area contributed by atoms with Crippen LogP contribution < -0.4 is 5.32 Å². The Morgan fingerprint density at radius 3 is 2.56 bits per heavy atom. The number of likely N-dealkylation sites (tertiary alicyclic amines) is 1. The van der Waals surface area contributed by atoms with Gasteiger partial charge in [-0.05, 0) is 13.0 Å². The molecule has 0 aliphatic carbocycles. The lowest BCUT2D eigenvalue weighted by Crippen LogP contribution is -2.49. The summed E-state index contributed by atoms with van der Waals surface area (Å²) in [5, 5.41) is 3.33. The molecule has 2 heterocycles. The molecule has 0 aromatic heterocycles. The van der Waals surface area contributed by atoms with Crippen molar-refractivity contribution in [3.05, 3.63) is 0 Å². The zero-order chi connectivity index (χ0) is 11.6. The molecule has 0 aromatic carbocycles. The fraction of sp³-hybridized carbons (Fsp3) is 0.818. The summed E-state index contributed by atoms with van der Waals surface area (Å²) in [4.78, 5) is 24.8. The molecular formula is C11H17N2O3. The molecule has 89 valence electrons. The molecule has 1 spiro atoms. The highest BCUT2D eigenvalue weighted by molar-refractivity contribution is 6.02. The maximum absolute atomic E-state index is 11.6. The Bertz CT molecular complexity index is 296. The van der Waals surface area contributed by atoms with E-state index >= 15 is 0 Å². The average molecular weight is 225 g/mol. The number of amides is 2. The summed E-state index contributed by atoms with van der Waals surface area (Å²) in [5.41, 5.74) is -0.917. The van der Waals surface area contributed by atoms with E-state index in [0.717, 1.165) is 19.6 Å². The van der Waals surface area contributed by atoms with Crippen molar-refractivity contribution in [2.24, 2.45) is 0 Å². The Hall–Kier alpha value is -1.10. The van der Waals surface area contributed by atoms with Gasteiger partial charge in [-0.1, -0.05) is 13.3 Å². The molecule has 0 aromatic rings. The third-order valence-electron chi connectivity index (χ3n) is 3.36. The average Bonchev–Trinajstić information content (AvgIpc) is 2.53. The van der Waals surface area contributed by atoms with Gasteiger partial charge in [0.25, 0.3) is 5.91 Å². The minimum atomic E-state index is -0.917. The van der Waals surface area contributed by atoms with Crippen LogP contribution in [0.5, 0.6) is 0 Å². The number of unbranched alkanes of at least 4 members (excludes halogenated alkanes) is 1. The van der Waals surface area contributed by atoms with Crippen molar-refractivity contribution in [1.82, 2.24) is 10.2 Å². The molecule has 2 amide bonds. The highest BCUT2D eigenvalue weighted by Gasteiger charge is 2.51. The number of carbonyl (C=O) groups is 2. The topological polar surface area (TPSA) is 60.7 Å². The lowest BCUT2D eigenvalue weighted by molar-refractivity contribution is -0.135.